The molecule has 0 fully saturated rings. The van der Waals surface area contributed by atoms with E-state index in [-0.39, 0.29) is 5.69 Å². The Hall–Kier alpha value is -1.61. The number of hydrogen-bond acceptors (Lipinski definition) is 2. The molecule has 2 aromatic rings. The van der Waals surface area contributed by atoms with Crippen LogP contribution < -0.4 is 5.32 Å². The Morgan fingerprint density at radius 3 is 2.55 bits per heavy atom. The van der Waals surface area contributed by atoms with Crippen LogP contribution in [0.4, 0.5) is 23.2 Å². The highest BCUT2D eigenvalue weighted by atomic mass is 79.9. The van der Waals surface area contributed by atoms with Gasteiger partial charge in [0.15, 0.2) is 11.4 Å². The van der Waals surface area contributed by atoms with Crippen LogP contribution in [0.25, 0.3) is 0 Å². The monoisotopic (exact) mass is 399 g/mol. The number of aromatic nitrogens is 2. The SMILES string of the molecule is Cn1nc(C(=O)Nc2ccc(Br)cc2F)c(Cl)c1C(F)(F)F. The van der Waals surface area contributed by atoms with E-state index in [9.17, 15) is 22.4 Å². The molecule has 0 spiro atoms. The molecule has 0 atom stereocenters. The number of aryl methyl sites for hydroxylation is 1. The lowest BCUT2D eigenvalue weighted by Crippen LogP contribution is -2.14. The summed E-state index contributed by atoms with van der Waals surface area (Å²) in [4.78, 5) is 11.9. The second kappa shape index (κ2) is 5.88. The fraction of sp³-hybridized carbons (Fsp3) is 0.167. The maximum atomic E-state index is 13.6. The van der Waals surface area contributed by atoms with Crippen LogP contribution in [0.15, 0.2) is 22.7 Å². The van der Waals surface area contributed by atoms with E-state index >= 15 is 0 Å². The molecule has 10 heteroatoms. The van der Waals surface area contributed by atoms with Gasteiger partial charge in [-0.15, -0.1) is 0 Å². The van der Waals surface area contributed by atoms with Crippen molar-refractivity contribution in [3.05, 3.63) is 44.9 Å². The van der Waals surface area contributed by atoms with E-state index < -0.39 is 34.3 Å². The van der Waals surface area contributed by atoms with Gasteiger partial charge in [0.1, 0.15) is 10.8 Å². The van der Waals surface area contributed by atoms with E-state index in [2.05, 4.69) is 26.3 Å². The molecule has 0 unspecified atom stereocenters. The smallest absolute Gasteiger partial charge is 0.318 e. The van der Waals surface area contributed by atoms with E-state index in [1.807, 2.05) is 0 Å². The van der Waals surface area contributed by atoms with Crippen LogP contribution in [0.2, 0.25) is 5.02 Å². The Morgan fingerprint density at radius 2 is 2.05 bits per heavy atom. The van der Waals surface area contributed by atoms with Crippen LogP contribution >= 0.6 is 27.5 Å². The third-order valence-corrected chi connectivity index (χ3v) is 3.50. The summed E-state index contributed by atoms with van der Waals surface area (Å²) >= 11 is 8.61. The highest BCUT2D eigenvalue weighted by Crippen LogP contribution is 2.36. The van der Waals surface area contributed by atoms with Crippen molar-refractivity contribution >= 4 is 39.1 Å². The quantitative estimate of drug-likeness (QED) is 0.766. The molecule has 4 nitrogen and oxygen atoms in total. The Labute approximate surface area is 135 Å². The van der Waals surface area contributed by atoms with Crippen molar-refractivity contribution in [2.75, 3.05) is 5.32 Å². The minimum atomic E-state index is -4.76. The number of amides is 1. The molecule has 0 saturated carbocycles. The summed E-state index contributed by atoms with van der Waals surface area (Å²) in [5, 5.41) is 4.72. The van der Waals surface area contributed by atoms with Crippen LogP contribution in [0.5, 0.6) is 0 Å². The zero-order chi connectivity index (χ0) is 16.7. The van der Waals surface area contributed by atoms with Crippen LogP contribution in [0.1, 0.15) is 16.2 Å². The summed E-state index contributed by atoms with van der Waals surface area (Å²) in [6.07, 6.45) is -4.76. The molecular formula is C12H7BrClF4N3O. The van der Waals surface area contributed by atoms with Crippen LogP contribution in [-0.2, 0) is 13.2 Å². The lowest BCUT2D eigenvalue weighted by atomic mass is 10.2. The average Bonchev–Trinajstić information content (AvgIpc) is 2.67. The fourth-order valence-corrected chi connectivity index (χ4v) is 2.41. The molecule has 1 aromatic heterocycles. The van der Waals surface area contributed by atoms with Gasteiger partial charge in [-0.25, -0.2) is 4.39 Å². The van der Waals surface area contributed by atoms with Gasteiger partial charge in [0.05, 0.1) is 5.69 Å². The van der Waals surface area contributed by atoms with Crippen molar-refractivity contribution in [3.63, 3.8) is 0 Å². The average molecular weight is 401 g/mol. The highest BCUT2D eigenvalue weighted by Gasteiger charge is 2.40. The predicted molar refractivity (Wildman–Crippen MR) is 75.3 cm³/mol. The molecule has 1 heterocycles. The van der Waals surface area contributed by atoms with Gasteiger partial charge in [0.2, 0.25) is 0 Å². The number of halogens is 6. The predicted octanol–water partition coefficient (Wildman–Crippen LogP) is 4.25. The molecule has 0 saturated heterocycles. The number of anilines is 1. The number of benzene rings is 1. The molecule has 22 heavy (non-hydrogen) atoms. The van der Waals surface area contributed by atoms with Gasteiger partial charge in [-0.05, 0) is 18.2 Å². The Morgan fingerprint density at radius 1 is 1.41 bits per heavy atom. The van der Waals surface area contributed by atoms with Gasteiger partial charge < -0.3 is 5.32 Å². The number of rotatable bonds is 2. The summed E-state index contributed by atoms with van der Waals surface area (Å²) < 4.78 is 52.9. The summed E-state index contributed by atoms with van der Waals surface area (Å²) in [7, 11) is 1.01. The van der Waals surface area contributed by atoms with Crippen molar-refractivity contribution in [2.24, 2.45) is 7.05 Å². The van der Waals surface area contributed by atoms with E-state index in [1.165, 1.54) is 12.1 Å². The molecule has 0 aliphatic carbocycles. The Kier molecular flexibility index (Phi) is 4.48. The van der Waals surface area contributed by atoms with Gasteiger partial charge in [-0.3, -0.25) is 9.48 Å². The number of nitrogens with one attached hydrogen (secondary N) is 1. The molecule has 2 rings (SSSR count). The van der Waals surface area contributed by atoms with Gasteiger partial charge >= 0.3 is 6.18 Å². The summed E-state index contributed by atoms with van der Waals surface area (Å²) in [5.74, 6) is -1.80. The first-order chi connectivity index (χ1) is 10.1. The minimum Gasteiger partial charge on any atom is -0.318 e. The summed E-state index contributed by atoms with van der Waals surface area (Å²) in [6, 6.07) is 3.80. The van der Waals surface area contributed by atoms with Crippen molar-refractivity contribution in [1.82, 2.24) is 9.78 Å². The number of hydrogen-bond donors (Lipinski definition) is 1. The molecule has 1 aromatic carbocycles. The maximum Gasteiger partial charge on any atom is 0.434 e. The molecule has 0 aliphatic heterocycles. The minimum absolute atomic E-state index is 0.205. The molecule has 0 bridgehead atoms. The normalized spacial score (nSPS) is 11.6. The molecule has 0 aliphatic rings. The zero-order valence-corrected chi connectivity index (χ0v) is 13.1. The van der Waals surface area contributed by atoms with E-state index in [0.29, 0.717) is 9.15 Å². The van der Waals surface area contributed by atoms with Crippen LogP contribution in [0.3, 0.4) is 0 Å². The number of carbonyl (C=O) groups is 1. The fourth-order valence-electron chi connectivity index (χ4n) is 1.72. The Bertz CT molecular complexity index is 745. The van der Waals surface area contributed by atoms with Crippen molar-refractivity contribution in [2.45, 2.75) is 6.18 Å². The molecular weight excluding hydrogens is 394 g/mol. The van der Waals surface area contributed by atoms with Crippen molar-refractivity contribution < 1.29 is 22.4 Å². The first kappa shape index (κ1) is 16.8. The molecule has 1 amide bonds. The van der Waals surface area contributed by atoms with Crippen molar-refractivity contribution in [1.29, 1.82) is 0 Å². The summed E-state index contributed by atoms with van der Waals surface area (Å²) in [5.41, 5.74) is -2.10. The summed E-state index contributed by atoms with van der Waals surface area (Å²) in [6.45, 7) is 0. The first-order valence-electron chi connectivity index (χ1n) is 5.67. The van der Waals surface area contributed by atoms with Crippen molar-refractivity contribution in [3.8, 4) is 0 Å². The van der Waals surface area contributed by atoms with E-state index in [1.54, 1.807) is 0 Å². The third-order valence-electron chi connectivity index (χ3n) is 2.65. The molecule has 1 N–H and O–H groups in total. The van der Waals surface area contributed by atoms with Gasteiger partial charge in [0.25, 0.3) is 5.91 Å². The van der Waals surface area contributed by atoms with E-state index in [0.717, 1.165) is 13.1 Å². The first-order valence-corrected chi connectivity index (χ1v) is 6.84. The topological polar surface area (TPSA) is 46.9 Å². The lowest BCUT2D eigenvalue weighted by Gasteiger charge is -2.06. The van der Waals surface area contributed by atoms with Gasteiger partial charge in [-0.2, -0.15) is 18.3 Å². The zero-order valence-electron chi connectivity index (χ0n) is 10.8. The standard InChI is InChI=1S/C12H7BrClF4N3O/c1-21-10(12(16,17)18)8(14)9(20-21)11(22)19-7-3-2-5(13)4-6(7)15/h2-4H,1H3,(H,19,22). The number of nitrogens with zero attached hydrogens (tertiary/aromatic N) is 2. The second-order valence-corrected chi connectivity index (χ2v) is 5.50. The van der Waals surface area contributed by atoms with E-state index in [4.69, 9.17) is 11.6 Å². The largest absolute Gasteiger partial charge is 0.434 e. The Balaban J connectivity index is 2.35. The maximum absolute atomic E-state index is 13.6. The molecule has 0 radical (unpaired) electrons. The second-order valence-electron chi connectivity index (χ2n) is 4.21. The lowest BCUT2D eigenvalue weighted by molar-refractivity contribution is -0.143. The van der Waals surface area contributed by atoms with Gasteiger partial charge in [-0.1, -0.05) is 27.5 Å². The number of alkyl halides is 3. The third kappa shape index (κ3) is 3.25. The number of carbonyl (C=O) groups excluding carboxylic acids is 1. The van der Waals surface area contributed by atoms with Gasteiger partial charge in [0, 0.05) is 11.5 Å². The molecule has 118 valence electrons. The van der Waals surface area contributed by atoms with Crippen LogP contribution in [0, 0.1) is 5.82 Å². The highest BCUT2D eigenvalue weighted by molar-refractivity contribution is 9.10. The van der Waals surface area contributed by atoms with Crippen LogP contribution in [-0.4, -0.2) is 15.7 Å².